The first-order valence-corrected chi connectivity index (χ1v) is 7.46. The van der Waals surface area contributed by atoms with Crippen LogP contribution in [0.2, 0.25) is 0 Å². The fourth-order valence-electron chi connectivity index (χ4n) is 2.72. The van der Waals surface area contributed by atoms with Crippen LogP contribution >= 0.6 is 11.3 Å². The number of thiophene rings is 1. The summed E-state index contributed by atoms with van der Waals surface area (Å²) in [4.78, 5) is 37.1. The van der Waals surface area contributed by atoms with Crippen molar-refractivity contribution in [2.45, 2.75) is 12.1 Å². The van der Waals surface area contributed by atoms with Crippen molar-refractivity contribution in [2.75, 3.05) is 21.3 Å². The molecule has 4 atom stereocenters. The third-order valence-corrected chi connectivity index (χ3v) is 4.67. The van der Waals surface area contributed by atoms with Gasteiger partial charge < -0.3 is 14.2 Å². The molecule has 0 bridgehead atoms. The first-order chi connectivity index (χ1) is 10.5. The second-order valence-electron chi connectivity index (χ2n) is 4.76. The van der Waals surface area contributed by atoms with E-state index in [-0.39, 0.29) is 0 Å². The number of methoxy groups -OCH3 is 3. The fraction of sp³-hybridized carbons (Fsp3) is 0.500. The molecule has 0 radical (unpaired) electrons. The molecule has 0 unspecified atom stereocenters. The van der Waals surface area contributed by atoms with Gasteiger partial charge in [0.05, 0.1) is 39.2 Å². The molecular weight excluding hydrogens is 310 g/mol. The van der Waals surface area contributed by atoms with Crippen LogP contribution in [0, 0.1) is 11.8 Å². The lowest BCUT2D eigenvalue weighted by Gasteiger charge is -2.20. The van der Waals surface area contributed by atoms with Crippen molar-refractivity contribution < 1.29 is 28.6 Å². The third kappa shape index (κ3) is 2.84. The van der Waals surface area contributed by atoms with E-state index < -0.39 is 41.8 Å². The summed E-state index contributed by atoms with van der Waals surface area (Å²) in [5, 5.41) is 4.86. The molecule has 0 amide bonds. The van der Waals surface area contributed by atoms with Crippen molar-refractivity contribution >= 4 is 29.2 Å². The van der Waals surface area contributed by atoms with E-state index in [0.29, 0.717) is 0 Å². The zero-order valence-corrected chi connectivity index (χ0v) is 13.2. The number of carbonyl (C=O) groups is 3. The molecule has 1 fully saturated rings. The minimum absolute atomic E-state index is 0.513. The van der Waals surface area contributed by atoms with Gasteiger partial charge in [-0.25, -0.2) is 0 Å². The van der Waals surface area contributed by atoms with Crippen molar-refractivity contribution in [3.8, 4) is 0 Å². The maximum Gasteiger partial charge on any atom is 0.323 e. The third-order valence-electron chi connectivity index (χ3n) is 3.72. The van der Waals surface area contributed by atoms with Crippen LogP contribution in [-0.4, -0.2) is 45.3 Å². The van der Waals surface area contributed by atoms with Crippen molar-refractivity contribution in [1.29, 1.82) is 0 Å². The Morgan fingerprint density at radius 1 is 1.00 bits per heavy atom. The number of carbonyl (C=O) groups excluding carboxylic acids is 3. The van der Waals surface area contributed by atoms with Gasteiger partial charge in [-0.05, 0) is 11.4 Å². The number of rotatable bonds is 4. The summed E-state index contributed by atoms with van der Waals surface area (Å²) >= 11 is 1.42. The van der Waals surface area contributed by atoms with Gasteiger partial charge in [0.2, 0.25) is 0 Å². The molecule has 7 nitrogen and oxygen atoms in total. The molecule has 1 saturated heterocycles. The van der Waals surface area contributed by atoms with E-state index in [2.05, 4.69) is 5.32 Å². The van der Waals surface area contributed by atoms with E-state index in [1.807, 2.05) is 17.5 Å². The molecule has 1 aromatic rings. The molecule has 22 heavy (non-hydrogen) atoms. The van der Waals surface area contributed by atoms with Crippen LogP contribution in [-0.2, 0) is 28.6 Å². The summed E-state index contributed by atoms with van der Waals surface area (Å²) < 4.78 is 14.3. The van der Waals surface area contributed by atoms with Gasteiger partial charge in [-0.1, -0.05) is 6.07 Å². The Morgan fingerprint density at radius 3 is 2.09 bits per heavy atom. The van der Waals surface area contributed by atoms with Gasteiger partial charge in [0.15, 0.2) is 0 Å². The summed E-state index contributed by atoms with van der Waals surface area (Å²) in [5.74, 6) is -3.72. The first-order valence-electron chi connectivity index (χ1n) is 6.58. The monoisotopic (exact) mass is 327 g/mol. The summed E-state index contributed by atoms with van der Waals surface area (Å²) in [6.07, 6.45) is 0. The molecule has 1 N–H and O–H groups in total. The van der Waals surface area contributed by atoms with E-state index in [1.165, 1.54) is 32.7 Å². The second-order valence-corrected chi connectivity index (χ2v) is 5.74. The Hall–Kier alpha value is -1.93. The maximum absolute atomic E-state index is 12.2. The lowest BCUT2D eigenvalue weighted by molar-refractivity contribution is -0.159. The molecule has 120 valence electrons. The number of ether oxygens (including phenoxy) is 3. The molecular formula is C14H17NO6S. The highest BCUT2D eigenvalue weighted by atomic mass is 32.1. The number of nitrogens with one attached hydrogen (secondary N) is 1. The highest BCUT2D eigenvalue weighted by Crippen LogP contribution is 2.40. The van der Waals surface area contributed by atoms with Gasteiger partial charge in [0.25, 0.3) is 0 Å². The van der Waals surface area contributed by atoms with Gasteiger partial charge >= 0.3 is 17.9 Å². The molecule has 2 heterocycles. The standard InChI is InChI=1S/C14H17NO6S/c1-19-12(16)8-9(13(17)20-2)11(14(18)21-3)15-10(8)7-5-4-6-22-7/h4-6,8-11,15H,1-3H3/t8-,9+,10-,11-/m0/s1. The van der Waals surface area contributed by atoms with Crippen LogP contribution in [0.4, 0.5) is 0 Å². The average molecular weight is 327 g/mol. The van der Waals surface area contributed by atoms with E-state index in [0.717, 1.165) is 4.88 Å². The second kappa shape index (κ2) is 6.89. The van der Waals surface area contributed by atoms with E-state index in [4.69, 9.17) is 14.2 Å². The Kier molecular flexibility index (Phi) is 5.15. The van der Waals surface area contributed by atoms with Crippen molar-refractivity contribution in [3.05, 3.63) is 22.4 Å². The van der Waals surface area contributed by atoms with Gasteiger partial charge in [0, 0.05) is 4.88 Å². The van der Waals surface area contributed by atoms with Crippen LogP contribution < -0.4 is 5.32 Å². The highest BCUT2D eigenvalue weighted by molar-refractivity contribution is 7.10. The molecule has 0 aliphatic carbocycles. The number of hydrogen-bond donors (Lipinski definition) is 1. The first kappa shape index (κ1) is 16.4. The SMILES string of the molecule is COC(=O)[C@@H]1[C@H](C(=O)OC)[C@H](c2cccs2)N[C@@H]1C(=O)OC. The zero-order chi connectivity index (χ0) is 16.3. The van der Waals surface area contributed by atoms with Crippen LogP contribution in [0.1, 0.15) is 10.9 Å². The lowest BCUT2D eigenvalue weighted by atomic mass is 9.86. The van der Waals surface area contributed by atoms with E-state index in [1.54, 1.807) is 0 Å². The summed E-state index contributed by atoms with van der Waals surface area (Å²) in [7, 11) is 3.68. The predicted octanol–water partition coefficient (Wildman–Crippen LogP) is 0.512. The number of esters is 3. The summed E-state index contributed by atoms with van der Waals surface area (Å²) in [6, 6.07) is 2.18. The zero-order valence-electron chi connectivity index (χ0n) is 12.4. The molecule has 0 aromatic carbocycles. The van der Waals surface area contributed by atoms with Crippen LogP contribution in [0.3, 0.4) is 0 Å². The predicted molar refractivity (Wildman–Crippen MR) is 77.0 cm³/mol. The van der Waals surface area contributed by atoms with Crippen LogP contribution in [0.15, 0.2) is 17.5 Å². The van der Waals surface area contributed by atoms with Crippen molar-refractivity contribution in [1.82, 2.24) is 5.32 Å². The van der Waals surface area contributed by atoms with Gasteiger partial charge in [-0.3, -0.25) is 19.7 Å². The topological polar surface area (TPSA) is 90.9 Å². The molecule has 1 aromatic heterocycles. The largest absolute Gasteiger partial charge is 0.469 e. The Labute approximate surface area is 131 Å². The number of hydrogen-bond acceptors (Lipinski definition) is 8. The molecule has 8 heteroatoms. The highest BCUT2D eigenvalue weighted by Gasteiger charge is 2.55. The minimum atomic E-state index is -1.00. The molecule has 0 spiro atoms. The smallest absolute Gasteiger partial charge is 0.323 e. The maximum atomic E-state index is 12.2. The Balaban J connectivity index is 2.45. The van der Waals surface area contributed by atoms with Crippen LogP contribution in [0.5, 0.6) is 0 Å². The van der Waals surface area contributed by atoms with Crippen molar-refractivity contribution in [3.63, 3.8) is 0 Å². The normalized spacial score (nSPS) is 27.2. The van der Waals surface area contributed by atoms with Gasteiger partial charge in [0.1, 0.15) is 6.04 Å². The van der Waals surface area contributed by atoms with E-state index >= 15 is 0 Å². The van der Waals surface area contributed by atoms with Crippen LogP contribution in [0.25, 0.3) is 0 Å². The quantitative estimate of drug-likeness (QED) is 0.636. The average Bonchev–Trinajstić information content (AvgIpc) is 3.19. The van der Waals surface area contributed by atoms with Crippen molar-refractivity contribution in [2.24, 2.45) is 11.8 Å². The molecule has 0 saturated carbocycles. The summed E-state index contributed by atoms with van der Waals surface area (Å²) in [6.45, 7) is 0. The molecule has 1 aliphatic rings. The van der Waals surface area contributed by atoms with E-state index in [9.17, 15) is 14.4 Å². The van der Waals surface area contributed by atoms with Gasteiger partial charge in [-0.15, -0.1) is 11.3 Å². The molecule has 1 aliphatic heterocycles. The summed E-state index contributed by atoms with van der Waals surface area (Å²) in [5.41, 5.74) is 0. The lowest BCUT2D eigenvalue weighted by Crippen LogP contribution is -2.42. The molecule has 2 rings (SSSR count). The minimum Gasteiger partial charge on any atom is -0.469 e. The Bertz CT molecular complexity index is 558. The van der Waals surface area contributed by atoms with Gasteiger partial charge in [-0.2, -0.15) is 0 Å². The fourth-order valence-corrected chi connectivity index (χ4v) is 3.55. The Morgan fingerprint density at radius 2 is 1.59 bits per heavy atom.